The number of carbonyl (C=O) groups is 1. The van der Waals surface area contributed by atoms with Gasteiger partial charge in [0.2, 0.25) is 0 Å². The molecule has 0 aliphatic heterocycles. The van der Waals surface area contributed by atoms with E-state index in [-0.39, 0.29) is 6.54 Å². The van der Waals surface area contributed by atoms with Crippen LogP contribution in [0.2, 0.25) is 0 Å². The van der Waals surface area contributed by atoms with Gasteiger partial charge in [-0.1, -0.05) is 6.07 Å². The number of carboxylic acid groups (broad SMARTS) is 1. The van der Waals surface area contributed by atoms with E-state index in [2.05, 4.69) is 4.98 Å². The molecule has 0 aliphatic rings. The van der Waals surface area contributed by atoms with Crippen molar-refractivity contribution < 1.29 is 9.90 Å². The van der Waals surface area contributed by atoms with Gasteiger partial charge in [0.25, 0.3) is 0 Å². The average Bonchev–Trinajstić information content (AvgIpc) is 2.43. The Morgan fingerprint density at radius 2 is 2.20 bits per heavy atom. The summed E-state index contributed by atoms with van der Waals surface area (Å²) in [7, 11) is 0. The van der Waals surface area contributed by atoms with Crippen LogP contribution >= 0.6 is 0 Å². The van der Waals surface area contributed by atoms with Gasteiger partial charge in [0, 0.05) is 0 Å². The first-order chi connectivity index (χ1) is 7.08. The lowest BCUT2D eigenvalue weighted by atomic mass is 10.2. The topological polar surface area (TPSA) is 55.1 Å². The van der Waals surface area contributed by atoms with Gasteiger partial charge in [-0.15, -0.1) is 0 Å². The minimum atomic E-state index is -0.848. The smallest absolute Gasteiger partial charge is 0.323 e. The maximum absolute atomic E-state index is 10.7. The van der Waals surface area contributed by atoms with Gasteiger partial charge in [-0.25, -0.2) is 4.98 Å². The summed E-state index contributed by atoms with van der Waals surface area (Å²) in [5, 5.41) is 8.79. The van der Waals surface area contributed by atoms with Gasteiger partial charge in [-0.05, 0) is 31.5 Å². The van der Waals surface area contributed by atoms with Crippen LogP contribution in [0.25, 0.3) is 11.0 Å². The van der Waals surface area contributed by atoms with Crippen molar-refractivity contribution in [2.45, 2.75) is 20.4 Å². The molecule has 0 bridgehead atoms. The highest BCUT2D eigenvalue weighted by Gasteiger charge is 2.09. The third kappa shape index (κ3) is 1.70. The summed E-state index contributed by atoms with van der Waals surface area (Å²) in [5.74, 6) is -0.114. The normalized spacial score (nSPS) is 10.8. The minimum absolute atomic E-state index is 0.0359. The molecule has 2 aromatic rings. The van der Waals surface area contributed by atoms with Crippen LogP contribution in [-0.2, 0) is 11.3 Å². The predicted molar refractivity (Wildman–Crippen MR) is 56.8 cm³/mol. The Balaban J connectivity index is 2.65. The highest BCUT2D eigenvalue weighted by atomic mass is 16.4. The second kappa shape index (κ2) is 3.38. The zero-order valence-corrected chi connectivity index (χ0v) is 8.69. The van der Waals surface area contributed by atoms with Crippen LogP contribution in [0.5, 0.6) is 0 Å². The van der Waals surface area contributed by atoms with Crippen molar-refractivity contribution >= 4 is 17.0 Å². The molecule has 0 atom stereocenters. The highest BCUT2D eigenvalue weighted by Crippen LogP contribution is 2.17. The molecule has 0 aliphatic carbocycles. The lowest BCUT2D eigenvalue weighted by molar-refractivity contribution is -0.137. The summed E-state index contributed by atoms with van der Waals surface area (Å²) >= 11 is 0. The lowest BCUT2D eigenvalue weighted by Gasteiger charge is -2.02. The Labute approximate surface area is 87.2 Å². The summed E-state index contributed by atoms with van der Waals surface area (Å²) in [6.07, 6.45) is 0. The van der Waals surface area contributed by atoms with Crippen molar-refractivity contribution in [2.75, 3.05) is 0 Å². The Morgan fingerprint density at radius 1 is 1.47 bits per heavy atom. The Kier molecular flexibility index (Phi) is 2.19. The summed E-state index contributed by atoms with van der Waals surface area (Å²) in [6, 6.07) is 5.84. The van der Waals surface area contributed by atoms with Crippen LogP contribution in [0.4, 0.5) is 0 Å². The van der Waals surface area contributed by atoms with E-state index < -0.39 is 5.97 Å². The molecule has 0 fully saturated rings. The average molecular weight is 204 g/mol. The van der Waals surface area contributed by atoms with Crippen LogP contribution in [0.15, 0.2) is 18.2 Å². The number of imidazole rings is 1. The molecule has 4 heteroatoms. The standard InChI is InChI=1S/C11H12N2O2/c1-7-3-4-9-10(5-7)13(6-11(14)15)8(2)12-9/h3-5H,6H2,1-2H3,(H,14,15). The number of benzene rings is 1. The number of aliphatic carboxylic acids is 1. The third-order valence-electron chi connectivity index (χ3n) is 2.39. The molecule has 2 rings (SSSR count). The van der Waals surface area contributed by atoms with Crippen LogP contribution < -0.4 is 0 Å². The fourth-order valence-electron chi connectivity index (χ4n) is 1.69. The van der Waals surface area contributed by atoms with E-state index in [4.69, 9.17) is 5.11 Å². The molecular weight excluding hydrogens is 192 g/mol. The quantitative estimate of drug-likeness (QED) is 0.810. The first-order valence-corrected chi connectivity index (χ1v) is 4.73. The lowest BCUT2D eigenvalue weighted by Crippen LogP contribution is -2.09. The van der Waals surface area contributed by atoms with E-state index in [1.165, 1.54) is 0 Å². The predicted octanol–water partition coefficient (Wildman–Crippen LogP) is 1.74. The SMILES string of the molecule is Cc1ccc2nc(C)n(CC(=O)O)c2c1. The van der Waals surface area contributed by atoms with Gasteiger partial charge in [-0.2, -0.15) is 0 Å². The molecule has 0 radical (unpaired) electrons. The first-order valence-electron chi connectivity index (χ1n) is 4.73. The van der Waals surface area contributed by atoms with Gasteiger partial charge >= 0.3 is 5.97 Å². The molecule has 0 saturated carbocycles. The fraction of sp³-hybridized carbons (Fsp3) is 0.273. The largest absolute Gasteiger partial charge is 0.480 e. The number of aromatic nitrogens is 2. The van der Waals surface area contributed by atoms with Crippen LogP contribution in [0, 0.1) is 13.8 Å². The Bertz CT molecular complexity index is 529. The van der Waals surface area contributed by atoms with Gasteiger partial charge in [-0.3, -0.25) is 4.79 Å². The minimum Gasteiger partial charge on any atom is -0.480 e. The second-order valence-electron chi connectivity index (χ2n) is 3.63. The number of aryl methyl sites for hydroxylation is 2. The van der Waals surface area contributed by atoms with E-state index in [1.807, 2.05) is 32.0 Å². The van der Waals surface area contributed by atoms with Crippen molar-refractivity contribution in [3.63, 3.8) is 0 Å². The van der Waals surface area contributed by atoms with Crippen LogP contribution in [-0.4, -0.2) is 20.6 Å². The zero-order chi connectivity index (χ0) is 11.0. The molecule has 1 heterocycles. The number of hydrogen-bond acceptors (Lipinski definition) is 2. The van der Waals surface area contributed by atoms with Gasteiger partial charge < -0.3 is 9.67 Å². The molecule has 78 valence electrons. The van der Waals surface area contributed by atoms with E-state index in [0.717, 1.165) is 22.4 Å². The molecule has 0 unspecified atom stereocenters. The number of fused-ring (bicyclic) bond motifs is 1. The fourth-order valence-corrected chi connectivity index (χ4v) is 1.69. The number of nitrogens with zero attached hydrogens (tertiary/aromatic N) is 2. The Morgan fingerprint density at radius 3 is 2.87 bits per heavy atom. The molecule has 1 N–H and O–H groups in total. The van der Waals surface area contributed by atoms with E-state index in [0.29, 0.717) is 0 Å². The van der Waals surface area contributed by atoms with E-state index in [1.54, 1.807) is 4.57 Å². The van der Waals surface area contributed by atoms with Crippen molar-refractivity contribution in [3.8, 4) is 0 Å². The number of hydrogen-bond donors (Lipinski definition) is 1. The van der Waals surface area contributed by atoms with Crippen molar-refractivity contribution in [1.82, 2.24) is 9.55 Å². The Hall–Kier alpha value is -1.84. The monoisotopic (exact) mass is 204 g/mol. The second-order valence-corrected chi connectivity index (χ2v) is 3.63. The summed E-state index contributed by atoms with van der Waals surface area (Å²) in [4.78, 5) is 15.0. The first kappa shape index (κ1) is 9.71. The van der Waals surface area contributed by atoms with Crippen molar-refractivity contribution in [3.05, 3.63) is 29.6 Å². The van der Waals surface area contributed by atoms with Gasteiger partial charge in [0.05, 0.1) is 11.0 Å². The third-order valence-corrected chi connectivity index (χ3v) is 2.39. The summed E-state index contributed by atoms with van der Waals surface area (Å²) < 4.78 is 1.71. The molecule has 15 heavy (non-hydrogen) atoms. The molecule has 0 spiro atoms. The molecule has 0 saturated heterocycles. The molecule has 1 aromatic heterocycles. The van der Waals surface area contributed by atoms with Crippen molar-refractivity contribution in [2.24, 2.45) is 0 Å². The van der Waals surface area contributed by atoms with Crippen molar-refractivity contribution in [1.29, 1.82) is 0 Å². The maximum Gasteiger partial charge on any atom is 0.323 e. The van der Waals surface area contributed by atoms with E-state index in [9.17, 15) is 4.79 Å². The summed E-state index contributed by atoms with van der Waals surface area (Å²) in [5.41, 5.74) is 2.84. The van der Waals surface area contributed by atoms with Gasteiger partial charge in [0.1, 0.15) is 12.4 Å². The molecule has 1 aromatic carbocycles. The highest BCUT2D eigenvalue weighted by molar-refractivity contribution is 5.79. The number of carboxylic acids is 1. The maximum atomic E-state index is 10.7. The molecular formula is C11H12N2O2. The number of rotatable bonds is 2. The zero-order valence-electron chi connectivity index (χ0n) is 8.69. The molecule has 4 nitrogen and oxygen atoms in total. The van der Waals surface area contributed by atoms with Crippen LogP contribution in [0.3, 0.4) is 0 Å². The van der Waals surface area contributed by atoms with E-state index >= 15 is 0 Å². The summed E-state index contributed by atoms with van der Waals surface area (Å²) in [6.45, 7) is 3.76. The molecule has 0 amide bonds. The van der Waals surface area contributed by atoms with Gasteiger partial charge in [0.15, 0.2) is 0 Å². The van der Waals surface area contributed by atoms with Crippen LogP contribution in [0.1, 0.15) is 11.4 Å².